The van der Waals surface area contributed by atoms with Gasteiger partial charge in [-0.1, -0.05) is 27.2 Å². The zero-order chi connectivity index (χ0) is 15.5. The monoisotopic (exact) mass is 359 g/mol. The van der Waals surface area contributed by atoms with Gasteiger partial charge in [0.25, 0.3) is 0 Å². The van der Waals surface area contributed by atoms with Crippen molar-refractivity contribution in [1.82, 2.24) is 15.1 Å². The fourth-order valence-electron chi connectivity index (χ4n) is 1.97. The number of halogens is 1. The van der Waals surface area contributed by atoms with Crippen molar-refractivity contribution in [1.29, 1.82) is 0 Å². The van der Waals surface area contributed by atoms with Gasteiger partial charge >= 0.3 is 0 Å². The molecule has 7 heteroatoms. The lowest BCUT2D eigenvalue weighted by Crippen LogP contribution is -2.01. The fourth-order valence-corrected chi connectivity index (χ4v) is 2.37. The Morgan fingerprint density at radius 2 is 1.73 bits per heavy atom. The molecule has 0 spiro atoms. The van der Waals surface area contributed by atoms with Gasteiger partial charge in [-0.3, -0.25) is 0 Å². The number of rotatable bonds is 4. The molecule has 0 saturated carbocycles. The van der Waals surface area contributed by atoms with Crippen LogP contribution in [0, 0.1) is 13.8 Å². The molecule has 0 aliphatic carbocycles. The Morgan fingerprint density at radius 1 is 0.955 bits per heavy atom. The Bertz CT molecular complexity index is 802. The maximum absolute atomic E-state index is 5.03. The van der Waals surface area contributed by atoms with Crippen molar-refractivity contribution in [2.45, 2.75) is 13.8 Å². The first-order valence-electron chi connectivity index (χ1n) is 6.67. The van der Waals surface area contributed by atoms with E-state index in [-0.39, 0.29) is 0 Å². The smallest absolute Gasteiger partial charge is 0.175 e. The van der Waals surface area contributed by atoms with E-state index >= 15 is 0 Å². The number of aryl methyl sites for hydroxylation is 2. The van der Waals surface area contributed by atoms with E-state index in [1.54, 1.807) is 6.07 Å². The van der Waals surface area contributed by atoms with Crippen LogP contribution in [-0.4, -0.2) is 15.1 Å². The van der Waals surface area contributed by atoms with Gasteiger partial charge in [0.15, 0.2) is 5.82 Å². The van der Waals surface area contributed by atoms with Gasteiger partial charge in [0, 0.05) is 22.3 Å². The minimum absolute atomic E-state index is 0.615. The average Bonchev–Trinajstić information content (AvgIpc) is 2.83. The third-order valence-electron chi connectivity index (χ3n) is 2.82. The quantitative estimate of drug-likeness (QED) is 0.721. The van der Waals surface area contributed by atoms with Gasteiger partial charge in [0.05, 0.1) is 0 Å². The molecule has 3 aromatic rings. The molecule has 0 amide bonds. The number of nitrogens with zero attached hydrogens (tertiary/aromatic N) is 3. The van der Waals surface area contributed by atoms with Crippen LogP contribution in [0.25, 0.3) is 0 Å². The second-order valence-electron chi connectivity index (χ2n) is 4.77. The van der Waals surface area contributed by atoms with Gasteiger partial charge in [0.2, 0.25) is 0 Å². The van der Waals surface area contributed by atoms with E-state index < -0.39 is 0 Å². The normalized spacial score (nSPS) is 10.5. The summed E-state index contributed by atoms with van der Waals surface area (Å²) >= 11 is 3.45. The van der Waals surface area contributed by atoms with Gasteiger partial charge < -0.3 is 15.2 Å². The number of hydrogen-bond donors (Lipinski definition) is 2. The predicted octanol–water partition coefficient (Wildman–Crippen LogP) is 4.33. The minimum atomic E-state index is 0.615. The molecule has 22 heavy (non-hydrogen) atoms. The van der Waals surface area contributed by atoms with E-state index in [2.05, 4.69) is 41.7 Å². The summed E-state index contributed by atoms with van der Waals surface area (Å²) in [5, 5.41) is 10.2. The zero-order valence-electron chi connectivity index (χ0n) is 12.1. The molecule has 1 aromatic carbocycles. The van der Waals surface area contributed by atoms with Crippen LogP contribution in [0.5, 0.6) is 0 Å². The highest BCUT2D eigenvalue weighted by Crippen LogP contribution is 2.22. The number of benzene rings is 1. The second-order valence-corrected chi connectivity index (χ2v) is 5.68. The molecule has 2 heterocycles. The summed E-state index contributed by atoms with van der Waals surface area (Å²) in [5.41, 5.74) is 0.940. The topological polar surface area (TPSA) is 75.9 Å². The van der Waals surface area contributed by atoms with Crippen LogP contribution < -0.4 is 10.6 Å². The Morgan fingerprint density at radius 3 is 2.41 bits per heavy atom. The molecule has 6 nitrogen and oxygen atoms in total. The van der Waals surface area contributed by atoms with E-state index in [9.17, 15) is 0 Å². The number of hydrogen-bond acceptors (Lipinski definition) is 6. The van der Waals surface area contributed by atoms with Crippen LogP contribution >= 0.6 is 15.9 Å². The van der Waals surface area contributed by atoms with Gasteiger partial charge in [-0.25, -0.2) is 9.97 Å². The van der Waals surface area contributed by atoms with Gasteiger partial charge in [0.1, 0.15) is 23.2 Å². The maximum Gasteiger partial charge on any atom is 0.175 e. The summed E-state index contributed by atoms with van der Waals surface area (Å²) in [6.45, 7) is 3.68. The third-order valence-corrected chi connectivity index (χ3v) is 3.31. The summed E-state index contributed by atoms with van der Waals surface area (Å²) in [7, 11) is 0. The van der Waals surface area contributed by atoms with Crippen LogP contribution in [0.4, 0.5) is 23.1 Å². The lowest BCUT2D eigenvalue weighted by atomic mass is 10.3. The summed E-state index contributed by atoms with van der Waals surface area (Å²) in [6, 6.07) is 11.5. The van der Waals surface area contributed by atoms with Crippen molar-refractivity contribution in [3.8, 4) is 0 Å². The number of anilines is 4. The van der Waals surface area contributed by atoms with Gasteiger partial charge in [-0.05, 0) is 32.0 Å². The third kappa shape index (κ3) is 3.62. The molecule has 0 unspecified atom stereocenters. The molecule has 0 fully saturated rings. The molecule has 0 bridgehead atoms. The highest BCUT2D eigenvalue weighted by Gasteiger charge is 2.06. The number of nitrogens with one attached hydrogen (secondary N) is 2. The Balaban J connectivity index is 1.83. The molecule has 3 rings (SSSR count). The highest BCUT2D eigenvalue weighted by molar-refractivity contribution is 9.10. The first kappa shape index (κ1) is 14.5. The summed E-state index contributed by atoms with van der Waals surface area (Å²) in [5.74, 6) is 3.36. The molecule has 0 atom stereocenters. The van der Waals surface area contributed by atoms with Crippen LogP contribution in [0.3, 0.4) is 0 Å². The number of aromatic nitrogens is 3. The van der Waals surface area contributed by atoms with Crippen LogP contribution in [0.1, 0.15) is 11.6 Å². The van der Waals surface area contributed by atoms with Crippen LogP contribution in [0.15, 0.2) is 45.4 Å². The van der Waals surface area contributed by atoms with Crippen molar-refractivity contribution < 1.29 is 4.52 Å². The van der Waals surface area contributed by atoms with E-state index in [0.717, 1.165) is 15.9 Å². The van der Waals surface area contributed by atoms with Crippen molar-refractivity contribution in [3.05, 3.63) is 52.5 Å². The lowest BCUT2D eigenvalue weighted by molar-refractivity contribution is 0.400. The summed E-state index contributed by atoms with van der Waals surface area (Å²) in [6.07, 6.45) is 0. The summed E-state index contributed by atoms with van der Waals surface area (Å²) < 4.78 is 6.03. The van der Waals surface area contributed by atoms with E-state index in [1.165, 1.54) is 0 Å². The van der Waals surface area contributed by atoms with E-state index in [0.29, 0.717) is 23.3 Å². The molecular formula is C15H14BrN5O. The molecule has 0 radical (unpaired) electrons. The van der Waals surface area contributed by atoms with Crippen molar-refractivity contribution >= 4 is 39.1 Å². The molecule has 0 saturated heterocycles. The standard InChI is InChI=1S/C15H14BrN5O/c1-9-6-15(21-22-9)20-14-8-13(17-10(2)18-14)19-12-5-3-4-11(16)7-12/h3-8H,1-2H3,(H2,17,18,19,20,21). The summed E-state index contributed by atoms with van der Waals surface area (Å²) in [4.78, 5) is 8.73. The van der Waals surface area contributed by atoms with Crippen molar-refractivity contribution in [2.24, 2.45) is 0 Å². The Kier molecular flexibility index (Phi) is 4.06. The van der Waals surface area contributed by atoms with Crippen LogP contribution in [-0.2, 0) is 0 Å². The SMILES string of the molecule is Cc1nc(Nc2cccc(Br)c2)cc(Nc2cc(C)on2)n1. The second kappa shape index (κ2) is 6.15. The Labute approximate surface area is 136 Å². The minimum Gasteiger partial charge on any atom is -0.360 e. The van der Waals surface area contributed by atoms with Crippen molar-refractivity contribution in [2.75, 3.05) is 10.6 Å². The molecule has 2 N–H and O–H groups in total. The maximum atomic E-state index is 5.03. The average molecular weight is 360 g/mol. The van der Waals surface area contributed by atoms with E-state index in [1.807, 2.05) is 44.2 Å². The van der Waals surface area contributed by atoms with Crippen LogP contribution in [0.2, 0.25) is 0 Å². The molecule has 2 aromatic heterocycles. The largest absolute Gasteiger partial charge is 0.360 e. The first-order valence-corrected chi connectivity index (χ1v) is 7.46. The predicted molar refractivity (Wildman–Crippen MR) is 88.7 cm³/mol. The zero-order valence-corrected chi connectivity index (χ0v) is 13.7. The fraction of sp³-hybridized carbons (Fsp3) is 0.133. The van der Waals surface area contributed by atoms with E-state index in [4.69, 9.17) is 4.52 Å². The van der Waals surface area contributed by atoms with Gasteiger partial charge in [-0.15, -0.1) is 0 Å². The van der Waals surface area contributed by atoms with Gasteiger partial charge in [-0.2, -0.15) is 0 Å². The molecule has 112 valence electrons. The molecular weight excluding hydrogens is 346 g/mol. The first-order chi connectivity index (χ1) is 10.6. The lowest BCUT2D eigenvalue weighted by Gasteiger charge is -2.09. The highest BCUT2D eigenvalue weighted by atomic mass is 79.9. The molecule has 0 aliphatic rings. The molecule has 0 aliphatic heterocycles. The van der Waals surface area contributed by atoms with Crippen molar-refractivity contribution in [3.63, 3.8) is 0 Å². The Hall–Kier alpha value is -2.41.